The van der Waals surface area contributed by atoms with Crippen LogP contribution in [0.4, 0.5) is 11.6 Å². The minimum Gasteiger partial charge on any atom is -0.390 e. The van der Waals surface area contributed by atoms with E-state index >= 15 is 0 Å². The van der Waals surface area contributed by atoms with Gasteiger partial charge in [-0.05, 0) is 24.7 Å². The number of aromatic nitrogens is 3. The lowest BCUT2D eigenvalue weighted by molar-refractivity contribution is 0.185. The van der Waals surface area contributed by atoms with E-state index in [4.69, 9.17) is 4.98 Å². The number of aliphatic hydroxyl groups excluding tert-OH is 1. The standard InChI is InChI=1S/C20H32N6O/c1-13(2)15-10-23-26-19(22-9-14-6-4-3-5-7-14)8-18(25-20(15)26)24-16-11-21-12-17(16)27/h8,10,13-14,16-17,21-22,27H,3-7,9,11-12H2,1-2H3,(H,24,25). The van der Waals surface area contributed by atoms with Crippen LogP contribution in [-0.4, -0.2) is 51.5 Å². The Balaban J connectivity index is 1.60. The van der Waals surface area contributed by atoms with Gasteiger partial charge in [0.05, 0.1) is 18.3 Å². The minimum absolute atomic E-state index is 0.0171. The first kappa shape index (κ1) is 18.5. The van der Waals surface area contributed by atoms with Gasteiger partial charge in [-0.1, -0.05) is 33.1 Å². The van der Waals surface area contributed by atoms with Crippen LogP contribution in [0.1, 0.15) is 57.4 Å². The Morgan fingerprint density at radius 3 is 2.78 bits per heavy atom. The Morgan fingerprint density at radius 2 is 2.07 bits per heavy atom. The van der Waals surface area contributed by atoms with Gasteiger partial charge in [-0.15, -0.1) is 0 Å². The molecule has 0 radical (unpaired) electrons. The molecule has 7 nitrogen and oxygen atoms in total. The maximum absolute atomic E-state index is 10.1. The van der Waals surface area contributed by atoms with Crippen LogP contribution >= 0.6 is 0 Å². The largest absolute Gasteiger partial charge is 0.390 e. The van der Waals surface area contributed by atoms with Gasteiger partial charge in [0, 0.05) is 31.3 Å². The number of hydrogen-bond acceptors (Lipinski definition) is 6. The number of β-amino-alcohol motifs (C(OH)–C–C–N with tert-alkyl or cyclic N) is 1. The summed E-state index contributed by atoms with van der Waals surface area (Å²) in [5.74, 6) is 2.86. The van der Waals surface area contributed by atoms with Crippen molar-refractivity contribution < 1.29 is 5.11 Å². The van der Waals surface area contributed by atoms with E-state index in [1.165, 1.54) is 32.1 Å². The van der Waals surface area contributed by atoms with Crippen LogP contribution in [0.3, 0.4) is 0 Å². The molecule has 0 spiro atoms. The number of nitrogens with one attached hydrogen (secondary N) is 3. The lowest BCUT2D eigenvalue weighted by Gasteiger charge is -2.23. The van der Waals surface area contributed by atoms with Crippen LogP contribution in [0.15, 0.2) is 12.3 Å². The van der Waals surface area contributed by atoms with E-state index in [0.717, 1.165) is 41.9 Å². The smallest absolute Gasteiger partial charge is 0.163 e. The molecule has 1 aliphatic carbocycles. The second-order valence-corrected chi connectivity index (χ2v) is 8.38. The van der Waals surface area contributed by atoms with E-state index in [1.54, 1.807) is 0 Å². The highest BCUT2D eigenvalue weighted by Gasteiger charge is 2.25. The molecular formula is C20H32N6O. The number of rotatable bonds is 6. The second kappa shape index (κ2) is 8.02. The van der Waals surface area contributed by atoms with Crippen LogP contribution in [0, 0.1) is 5.92 Å². The average molecular weight is 373 g/mol. The van der Waals surface area contributed by atoms with E-state index in [2.05, 4.69) is 34.9 Å². The van der Waals surface area contributed by atoms with Gasteiger partial charge in [0.25, 0.3) is 0 Å². The van der Waals surface area contributed by atoms with Crippen LogP contribution < -0.4 is 16.0 Å². The zero-order valence-corrected chi connectivity index (χ0v) is 16.4. The zero-order valence-electron chi connectivity index (χ0n) is 16.4. The fraction of sp³-hybridized carbons (Fsp3) is 0.700. The molecule has 7 heteroatoms. The first-order valence-electron chi connectivity index (χ1n) is 10.4. The molecule has 3 heterocycles. The molecule has 148 valence electrons. The van der Waals surface area contributed by atoms with Gasteiger partial charge in [0.1, 0.15) is 11.6 Å². The third-order valence-electron chi connectivity index (χ3n) is 5.93. The molecule has 1 saturated heterocycles. The summed E-state index contributed by atoms with van der Waals surface area (Å²) in [6, 6.07) is 2.01. The molecule has 2 aromatic heterocycles. The second-order valence-electron chi connectivity index (χ2n) is 8.38. The molecule has 0 amide bonds. The summed E-state index contributed by atoms with van der Waals surface area (Å²) in [6.07, 6.45) is 8.21. The average Bonchev–Trinajstić information content (AvgIpc) is 3.27. The number of aliphatic hydroxyl groups is 1. The maximum atomic E-state index is 10.1. The molecule has 0 bridgehead atoms. The first-order valence-corrected chi connectivity index (χ1v) is 10.4. The van der Waals surface area contributed by atoms with E-state index in [9.17, 15) is 5.11 Å². The van der Waals surface area contributed by atoms with Crippen molar-refractivity contribution >= 4 is 17.3 Å². The van der Waals surface area contributed by atoms with E-state index < -0.39 is 6.10 Å². The van der Waals surface area contributed by atoms with Crippen molar-refractivity contribution in [1.82, 2.24) is 19.9 Å². The Kier molecular flexibility index (Phi) is 5.50. The highest BCUT2D eigenvalue weighted by Crippen LogP contribution is 2.27. The first-order chi connectivity index (χ1) is 13.1. The summed E-state index contributed by atoms with van der Waals surface area (Å²) in [6.45, 7) is 6.67. The molecular weight excluding hydrogens is 340 g/mol. The fourth-order valence-electron chi connectivity index (χ4n) is 4.23. The number of nitrogens with zero attached hydrogens (tertiary/aromatic N) is 3. The Morgan fingerprint density at radius 1 is 1.26 bits per heavy atom. The van der Waals surface area contributed by atoms with Crippen molar-refractivity contribution in [3.8, 4) is 0 Å². The van der Waals surface area contributed by atoms with Crippen molar-refractivity contribution in [2.75, 3.05) is 30.3 Å². The SMILES string of the molecule is CC(C)c1cnn2c(NCC3CCCCC3)cc(NC3CNCC3O)nc12. The molecule has 1 aliphatic heterocycles. The van der Waals surface area contributed by atoms with E-state index in [1.807, 2.05) is 16.8 Å². The molecule has 4 rings (SSSR count). The lowest BCUT2D eigenvalue weighted by Crippen LogP contribution is -2.32. The maximum Gasteiger partial charge on any atom is 0.163 e. The molecule has 27 heavy (non-hydrogen) atoms. The number of fused-ring (bicyclic) bond motifs is 1. The Hall–Kier alpha value is -1.86. The number of anilines is 2. The predicted molar refractivity (Wildman–Crippen MR) is 108 cm³/mol. The summed E-state index contributed by atoms with van der Waals surface area (Å²) in [4.78, 5) is 4.82. The molecule has 1 saturated carbocycles. The van der Waals surface area contributed by atoms with Crippen molar-refractivity contribution in [2.45, 2.75) is 64.0 Å². The number of hydrogen-bond donors (Lipinski definition) is 4. The van der Waals surface area contributed by atoms with Crippen molar-refractivity contribution in [3.05, 3.63) is 17.8 Å². The van der Waals surface area contributed by atoms with E-state index in [0.29, 0.717) is 12.5 Å². The topological polar surface area (TPSA) is 86.5 Å². The highest BCUT2D eigenvalue weighted by molar-refractivity contribution is 5.61. The van der Waals surface area contributed by atoms with Gasteiger partial charge < -0.3 is 21.1 Å². The normalized spacial score (nSPS) is 24.0. The molecule has 2 aliphatic rings. The Bertz CT molecular complexity index is 767. The molecule has 2 unspecified atom stereocenters. The van der Waals surface area contributed by atoms with Gasteiger partial charge in [-0.3, -0.25) is 0 Å². The predicted octanol–water partition coefficient (Wildman–Crippen LogP) is 2.59. The van der Waals surface area contributed by atoms with Crippen molar-refractivity contribution in [2.24, 2.45) is 5.92 Å². The third-order valence-corrected chi connectivity index (χ3v) is 5.93. The summed E-state index contributed by atoms with van der Waals surface area (Å²) >= 11 is 0. The molecule has 0 aromatic carbocycles. The summed E-state index contributed by atoms with van der Waals surface area (Å²) in [5, 5.41) is 25.0. The van der Waals surface area contributed by atoms with Gasteiger partial charge in [-0.2, -0.15) is 9.61 Å². The van der Waals surface area contributed by atoms with Gasteiger partial charge in [-0.25, -0.2) is 4.98 Å². The molecule has 2 atom stereocenters. The van der Waals surface area contributed by atoms with Gasteiger partial charge in [0.15, 0.2) is 5.65 Å². The van der Waals surface area contributed by atoms with Crippen LogP contribution in [0.25, 0.3) is 5.65 Å². The zero-order chi connectivity index (χ0) is 18.8. The van der Waals surface area contributed by atoms with Gasteiger partial charge >= 0.3 is 0 Å². The lowest BCUT2D eigenvalue weighted by atomic mass is 9.89. The van der Waals surface area contributed by atoms with Crippen molar-refractivity contribution in [3.63, 3.8) is 0 Å². The summed E-state index contributed by atoms with van der Waals surface area (Å²) in [5.41, 5.74) is 2.03. The van der Waals surface area contributed by atoms with Crippen LogP contribution in [0.2, 0.25) is 0 Å². The van der Waals surface area contributed by atoms with Crippen LogP contribution in [-0.2, 0) is 0 Å². The van der Waals surface area contributed by atoms with Crippen LogP contribution in [0.5, 0.6) is 0 Å². The fourth-order valence-corrected chi connectivity index (χ4v) is 4.23. The summed E-state index contributed by atoms with van der Waals surface area (Å²) < 4.78 is 1.92. The molecule has 2 fully saturated rings. The quantitative estimate of drug-likeness (QED) is 0.624. The monoisotopic (exact) mass is 372 g/mol. The van der Waals surface area contributed by atoms with E-state index in [-0.39, 0.29) is 6.04 Å². The van der Waals surface area contributed by atoms with Crippen molar-refractivity contribution in [1.29, 1.82) is 0 Å². The van der Waals surface area contributed by atoms with Gasteiger partial charge in [0.2, 0.25) is 0 Å². The Labute approximate surface area is 160 Å². The molecule has 2 aromatic rings. The third kappa shape index (κ3) is 4.04. The minimum atomic E-state index is -0.392. The highest BCUT2D eigenvalue weighted by atomic mass is 16.3. The molecule has 4 N–H and O–H groups in total. The summed E-state index contributed by atoms with van der Waals surface area (Å²) in [7, 11) is 0.